The first-order chi connectivity index (χ1) is 6.68. The Morgan fingerprint density at radius 2 is 2.29 bits per heavy atom. The lowest BCUT2D eigenvalue weighted by Crippen LogP contribution is -2.33. The van der Waals surface area contributed by atoms with Crippen molar-refractivity contribution in [2.45, 2.75) is 38.9 Å². The maximum absolute atomic E-state index is 14.2. The molecular weight excluding hydrogens is 181 g/mol. The highest BCUT2D eigenvalue weighted by molar-refractivity contribution is 5.05. The molecular formula is C10H18FN3. The van der Waals surface area contributed by atoms with Gasteiger partial charge in [0.2, 0.25) is 0 Å². The van der Waals surface area contributed by atoms with Crippen molar-refractivity contribution in [1.29, 1.82) is 0 Å². The fourth-order valence-corrected chi connectivity index (χ4v) is 1.52. The molecule has 0 bridgehead atoms. The first-order valence-electron chi connectivity index (χ1n) is 5.08. The van der Waals surface area contributed by atoms with Crippen molar-refractivity contribution < 1.29 is 4.39 Å². The third kappa shape index (κ3) is 1.95. The summed E-state index contributed by atoms with van der Waals surface area (Å²) in [5, 5.41) is 0. The number of nitrogens with zero attached hydrogens (tertiary/aromatic N) is 2. The molecule has 0 saturated carbocycles. The fraction of sp³-hybridized carbons (Fsp3) is 0.700. The van der Waals surface area contributed by atoms with E-state index in [1.54, 1.807) is 19.3 Å². The molecule has 0 saturated heterocycles. The molecule has 4 heteroatoms. The molecule has 14 heavy (non-hydrogen) atoms. The van der Waals surface area contributed by atoms with E-state index in [4.69, 9.17) is 5.73 Å². The molecule has 0 amide bonds. The molecule has 1 atom stereocenters. The van der Waals surface area contributed by atoms with Crippen LogP contribution in [-0.4, -0.2) is 16.1 Å². The highest BCUT2D eigenvalue weighted by atomic mass is 19.1. The Morgan fingerprint density at radius 1 is 1.57 bits per heavy atom. The van der Waals surface area contributed by atoms with Gasteiger partial charge in [0.05, 0.1) is 0 Å². The molecule has 0 aliphatic heterocycles. The molecule has 0 fully saturated rings. The number of rotatable bonds is 5. The fourth-order valence-electron chi connectivity index (χ4n) is 1.52. The molecule has 1 heterocycles. The van der Waals surface area contributed by atoms with Crippen LogP contribution in [0.4, 0.5) is 4.39 Å². The largest absolute Gasteiger partial charge is 0.332 e. The Labute approximate surface area is 84.1 Å². The van der Waals surface area contributed by atoms with E-state index in [9.17, 15) is 4.39 Å². The molecule has 80 valence electrons. The Hall–Kier alpha value is -0.900. The van der Waals surface area contributed by atoms with Crippen LogP contribution in [0.5, 0.6) is 0 Å². The molecule has 3 nitrogen and oxygen atoms in total. The van der Waals surface area contributed by atoms with Crippen molar-refractivity contribution in [2.75, 3.05) is 6.54 Å². The van der Waals surface area contributed by atoms with Crippen LogP contribution in [-0.2, 0) is 12.2 Å². The van der Waals surface area contributed by atoms with Gasteiger partial charge in [-0.1, -0.05) is 13.8 Å². The number of aryl methyl sites for hydroxylation is 1. The summed E-state index contributed by atoms with van der Waals surface area (Å²) in [4.78, 5) is 4.06. The number of hydrogen-bond acceptors (Lipinski definition) is 2. The van der Waals surface area contributed by atoms with E-state index >= 15 is 0 Å². The normalized spacial score (nSPS) is 15.4. The summed E-state index contributed by atoms with van der Waals surface area (Å²) in [7, 11) is 0. The maximum Gasteiger partial charge on any atom is 0.180 e. The minimum absolute atomic E-state index is 0.00969. The summed E-state index contributed by atoms with van der Waals surface area (Å²) in [5.74, 6) is 0.462. The van der Waals surface area contributed by atoms with Gasteiger partial charge in [0.25, 0.3) is 0 Å². The third-order valence-electron chi connectivity index (χ3n) is 2.46. The van der Waals surface area contributed by atoms with Crippen LogP contribution in [0.25, 0.3) is 0 Å². The van der Waals surface area contributed by atoms with Crippen LogP contribution in [0.15, 0.2) is 12.4 Å². The predicted molar refractivity (Wildman–Crippen MR) is 54.6 cm³/mol. The van der Waals surface area contributed by atoms with Gasteiger partial charge in [-0.05, 0) is 12.8 Å². The average molecular weight is 199 g/mol. The van der Waals surface area contributed by atoms with E-state index < -0.39 is 5.67 Å². The van der Waals surface area contributed by atoms with E-state index in [0.717, 1.165) is 13.0 Å². The summed E-state index contributed by atoms with van der Waals surface area (Å²) in [6.45, 7) is 4.63. The summed E-state index contributed by atoms with van der Waals surface area (Å²) in [5.41, 5.74) is 3.97. The van der Waals surface area contributed by atoms with Crippen molar-refractivity contribution >= 4 is 0 Å². The van der Waals surface area contributed by atoms with Gasteiger partial charge in [-0.25, -0.2) is 9.37 Å². The van der Waals surface area contributed by atoms with E-state index in [1.165, 1.54) is 0 Å². The Morgan fingerprint density at radius 3 is 2.79 bits per heavy atom. The lowest BCUT2D eigenvalue weighted by molar-refractivity contribution is 0.149. The van der Waals surface area contributed by atoms with Crippen LogP contribution in [0.3, 0.4) is 0 Å². The topological polar surface area (TPSA) is 43.8 Å². The minimum atomic E-state index is -1.47. The molecule has 0 spiro atoms. The lowest BCUT2D eigenvalue weighted by Gasteiger charge is -2.22. The van der Waals surface area contributed by atoms with E-state index in [2.05, 4.69) is 11.9 Å². The second-order valence-electron chi connectivity index (χ2n) is 3.47. The molecule has 2 N–H and O–H groups in total. The smallest absolute Gasteiger partial charge is 0.180 e. The van der Waals surface area contributed by atoms with E-state index in [1.807, 2.05) is 4.57 Å². The second kappa shape index (κ2) is 4.55. The summed E-state index contributed by atoms with van der Waals surface area (Å²) >= 11 is 0. The van der Waals surface area contributed by atoms with E-state index in [0.29, 0.717) is 12.2 Å². The molecule has 1 aromatic rings. The Balaban J connectivity index is 2.97. The van der Waals surface area contributed by atoms with Crippen molar-refractivity contribution in [3.8, 4) is 0 Å². The van der Waals surface area contributed by atoms with Gasteiger partial charge < -0.3 is 10.3 Å². The van der Waals surface area contributed by atoms with Crippen molar-refractivity contribution in [3.63, 3.8) is 0 Å². The standard InChI is InChI=1S/C10H18FN3/c1-3-6-14-7-5-13-9(14)10(11,4-2)8-12/h5,7H,3-4,6,8,12H2,1-2H3. The van der Waals surface area contributed by atoms with Crippen LogP contribution < -0.4 is 5.73 Å². The van der Waals surface area contributed by atoms with Crippen LogP contribution in [0.1, 0.15) is 32.5 Å². The van der Waals surface area contributed by atoms with Gasteiger partial charge in [0.1, 0.15) is 5.82 Å². The quantitative estimate of drug-likeness (QED) is 0.786. The highest BCUT2D eigenvalue weighted by Gasteiger charge is 2.32. The van der Waals surface area contributed by atoms with E-state index in [-0.39, 0.29) is 6.54 Å². The second-order valence-corrected chi connectivity index (χ2v) is 3.47. The zero-order valence-electron chi connectivity index (χ0n) is 8.83. The van der Waals surface area contributed by atoms with Crippen molar-refractivity contribution in [1.82, 2.24) is 9.55 Å². The predicted octanol–water partition coefficient (Wildman–Crippen LogP) is 1.83. The average Bonchev–Trinajstić information content (AvgIpc) is 2.66. The Kier molecular flexibility index (Phi) is 3.63. The monoisotopic (exact) mass is 199 g/mol. The Bertz CT molecular complexity index is 279. The zero-order chi connectivity index (χ0) is 10.6. The van der Waals surface area contributed by atoms with Gasteiger partial charge in [-0.15, -0.1) is 0 Å². The molecule has 0 aliphatic rings. The molecule has 0 aromatic carbocycles. The number of imidazole rings is 1. The zero-order valence-corrected chi connectivity index (χ0v) is 8.83. The summed E-state index contributed by atoms with van der Waals surface area (Å²) in [6.07, 6.45) is 4.76. The molecule has 1 unspecified atom stereocenters. The van der Waals surface area contributed by atoms with Gasteiger partial charge in [0, 0.05) is 25.5 Å². The van der Waals surface area contributed by atoms with Gasteiger partial charge in [0.15, 0.2) is 5.67 Å². The molecule has 1 aromatic heterocycles. The molecule has 0 radical (unpaired) electrons. The van der Waals surface area contributed by atoms with Crippen LogP contribution in [0.2, 0.25) is 0 Å². The number of aromatic nitrogens is 2. The van der Waals surface area contributed by atoms with Gasteiger partial charge >= 0.3 is 0 Å². The number of halogens is 1. The number of hydrogen-bond donors (Lipinski definition) is 1. The van der Waals surface area contributed by atoms with Crippen molar-refractivity contribution in [2.24, 2.45) is 5.73 Å². The van der Waals surface area contributed by atoms with Crippen molar-refractivity contribution in [3.05, 3.63) is 18.2 Å². The molecule has 1 rings (SSSR count). The third-order valence-corrected chi connectivity index (χ3v) is 2.46. The SMILES string of the molecule is CCCn1ccnc1C(F)(CC)CN. The number of alkyl halides is 1. The maximum atomic E-state index is 14.2. The summed E-state index contributed by atoms with van der Waals surface area (Å²) < 4.78 is 16.0. The summed E-state index contributed by atoms with van der Waals surface area (Å²) in [6, 6.07) is 0. The highest BCUT2D eigenvalue weighted by Crippen LogP contribution is 2.27. The lowest BCUT2D eigenvalue weighted by atomic mass is 10.0. The number of nitrogens with two attached hydrogens (primary N) is 1. The van der Waals surface area contributed by atoms with Crippen LogP contribution in [0, 0.1) is 0 Å². The molecule has 0 aliphatic carbocycles. The first-order valence-corrected chi connectivity index (χ1v) is 5.08. The first kappa shape index (κ1) is 11.2. The van der Waals surface area contributed by atoms with Gasteiger partial charge in [-0.2, -0.15) is 0 Å². The van der Waals surface area contributed by atoms with Crippen LogP contribution >= 0.6 is 0 Å². The minimum Gasteiger partial charge on any atom is -0.332 e. The van der Waals surface area contributed by atoms with Gasteiger partial charge in [-0.3, -0.25) is 0 Å².